The molecule has 2 heterocycles. The fourth-order valence-corrected chi connectivity index (χ4v) is 2.03. The monoisotopic (exact) mass is 266 g/mol. The number of hydrogen-bond acceptors (Lipinski definition) is 4. The summed E-state index contributed by atoms with van der Waals surface area (Å²) in [5, 5.41) is 4.56. The minimum Gasteiger partial charge on any atom is -0.496 e. The van der Waals surface area contributed by atoms with E-state index in [1.165, 1.54) is 0 Å². The predicted octanol–water partition coefficient (Wildman–Crippen LogP) is 2.19. The van der Waals surface area contributed by atoms with Crippen LogP contribution in [0.2, 0.25) is 5.02 Å². The molecule has 0 aliphatic rings. The number of ether oxygens (including phenoxy) is 1. The van der Waals surface area contributed by atoms with Crippen molar-refractivity contribution in [1.29, 1.82) is 0 Å². The third-order valence-corrected chi connectivity index (χ3v) is 3.10. The van der Waals surface area contributed by atoms with Crippen LogP contribution in [0.1, 0.15) is 16.8 Å². The third kappa shape index (κ3) is 2.26. The first-order valence-electron chi connectivity index (χ1n) is 5.50. The number of rotatable bonds is 3. The fraction of sp³-hybridized carbons (Fsp3) is 0.333. The highest BCUT2D eigenvalue weighted by atomic mass is 35.5. The largest absolute Gasteiger partial charge is 0.496 e. The Balaban J connectivity index is 2.35. The van der Waals surface area contributed by atoms with Crippen LogP contribution >= 0.6 is 11.6 Å². The van der Waals surface area contributed by atoms with Gasteiger partial charge in [-0.25, -0.2) is 0 Å². The molecule has 2 aromatic heterocycles. The Morgan fingerprint density at radius 3 is 2.72 bits per heavy atom. The van der Waals surface area contributed by atoms with Crippen molar-refractivity contribution in [3.8, 4) is 5.75 Å². The molecule has 2 aromatic rings. The van der Waals surface area contributed by atoms with Crippen LogP contribution in [-0.2, 0) is 6.54 Å². The molecule has 2 N–H and O–H groups in total. The van der Waals surface area contributed by atoms with Crippen LogP contribution in [0.4, 0.5) is 5.82 Å². The molecular weight excluding hydrogens is 252 g/mol. The lowest BCUT2D eigenvalue weighted by Crippen LogP contribution is -2.07. The van der Waals surface area contributed by atoms with Crippen molar-refractivity contribution in [2.45, 2.75) is 20.4 Å². The fourth-order valence-electron chi connectivity index (χ4n) is 1.88. The minimum atomic E-state index is 0.327. The Morgan fingerprint density at radius 1 is 1.44 bits per heavy atom. The molecule has 0 saturated carbocycles. The van der Waals surface area contributed by atoms with E-state index in [2.05, 4.69) is 10.1 Å². The molecular formula is C12H15ClN4O. The molecule has 0 bridgehead atoms. The number of nitrogen functional groups attached to an aromatic ring is 1. The molecule has 2 rings (SSSR count). The van der Waals surface area contributed by atoms with Gasteiger partial charge in [0.1, 0.15) is 10.8 Å². The standard InChI is InChI=1S/C12H15ClN4O/c1-7-4-15-10(8(2)11(7)18-3)6-17-5-9(13)12(14)16-17/h4-5H,6H2,1-3H3,(H2,14,16). The summed E-state index contributed by atoms with van der Waals surface area (Å²) >= 11 is 5.87. The molecule has 0 spiro atoms. The van der Waals surface area contributed by atoms with E-state index in [1.54, 1.807) is 24.2 Å². The summed E-state index contributed by atoms with van der Waals surface area (Å²) in [7, 11) is 1.65. The predicted molar refractivity (Wildman–Crippen MR) is 71.0 cm³/mol. The number of nitrogens with zero attached hydrogens (tertiary/aromatic N) is 3. The van der Waals surface area contributed by atoms with Crippen molar-refractivity contribution in [1.82, 2.24) is 14.8 Å². The quantitative estimate of drug-likeness (QED) is 0.925. The molecule has 0 radical (unpaired) electrons. The second kappa shape index (κ2) is 4.86. The van der Waals surface area contributed by atoms with Crippen molar-refractivity contribution in [2.24, 2.45) is 0 Å². The molecule has 18 heavy (non-hydrogen) atoms. The number of aryl methyl sites for hydroxylation is 1. The summed E-state index contributed by atoms with van der Waals surface area (Å²) in [6, 6.07) is 0. The van der Waals surface area contributed by atoms with Crippen LogP contribution in [0.15, 0.2) is 12.4 Å². The van der Waals surface area contributed by atoms with Crippen LogP contribution in [0.3, 0.4) is 0 Å². The highest BCUT2D eigenvalue weighted by Crippen LogP contribution is 2.25. The summed E-state index contributed by atoms with van der Waals surface area (Å²) in [5.74, 6) is 1.18. The van der Waals surface area contributed by atoms with E-state index < -0.39 is 0 Å². The van der Waals surface area contributed by atoms with Crippen LogP contribution in [0.5, 0.6) is 5.75 Å². The van der Waals surface area contributed by atoms with E-state index in [9.17, 15) is 0 Å². The average molecular weight is 267 g/mol. The Morgan fingerprint density at radius 2 is 2.17 bits per heavy atom. The zero-order valence-electron chi connectivity index (χ0n) is 10.6. The minimum absolute atomic E-state index is 0.327. The van der Waals surface area contributed by atoms with Crippen LogP contribution in [0.25, 0.3) is 0 Å². The van der Waals surface area contributed by atoms with Crippen molar-refractivity contribution in [3.05, 3.63) is 34.2 Å². The van der Waals surface area contributed by atoms with Gasteiger partial charge in [-0.2, -0.15) is 5.10 Å². The van der Waals surface area contributed by atoms with Crippen LogP contribution < -0.4 is 10.5 Å². The number of aromatic nitrogens is 3. The van der Waals surface area contributed by atoms with Gasteiger partial charge in [-0.15, -0.1) is 0 Å². The summed E-state index contributed by atoms with van der Waals surface area (Å²) < 4.78 is 7.03. The van der Waals surface area contributed by atoms with Gasteiger partial charge >= 0.3 is 0 Å². The van der Waals surface area contributed by atoms with E-state index in [0.29, 0.717) is 17.4 Å². The number of halogens is 1. The van der Waals surface area contributed by atoms with Gasteiger partial charge in [0.05, 0.1) is 19.3 Å². The second-order valence-corrected chi connectivity index (χ2v) is 4.51. The van der Waals surface area contributed by atoms with Gasteiger partial charge in [0, 0.05) is 23.5 Å². The first-order chi connectivity index (χ1) is 8.52. The smallest absolute Gasteiger partial charge is 0.164 e. The third-order valence-electron chi connectivity index (χ3n) is 2.80. The van der Waals surface area contributed by atoms with E-state index in [4.69, 9.17) is 22.1 Å². The van der Waals surface area contributed by atoms with Gasteiger partial charge in [-0.3, -0.25) is 9.67 Å². The summed E-state index contributed by atoms with van der Waals surface area (Å²) in [5.41, 5.74) is 8.50. The summed E-state index contributed by atoms with van der Waals surface area (Å²) in [6.45, 7) is 4.45. The van der Waals surface area contributed by atoms with Crippen molar-refractivity contribution in [3.63, 3.8) is 0 Å². The second-order valence-electron chi connectivity index (χ2n) is 4.11. The maximum Gasteiger partial charge on any atom is 0.164 e. The van der Waals surface area contributed by atoms with Gasteiger partial charge in [0.2, 0.25) is 0 Å². The topological polar surface area (TPSA) is 66.0 Å². The molecule has 0 unspecified atom stereocenters. The molecule has 0 saturated heterocycles. The lowest BCUT2D eigenvalue weighted by Gasteiger charge is -2.12. The Hall–Kier alpha value is -1.75. The molecule has 5 nitrogen and oxygen atoms in total. The average Bonchev–Trinajstić information content (AvgIpc) is 2.63. The van der Waals surface area contributed by atoms with Crippen molar-refractivity contribution in [2.75, 3.05) is 12.8 Å². The molecule has 0 aromatic carbocycles. The van der Waals surface area contributed by atoms with Gasteiger partial charge in [-0.1, -0.05) is 11.6 Å². The normalized spacial score (nSPS) is 10.7. The van der Waals surface area contributed by atoms with E-state index >= 15 is 0 Å². The van der Waals surface area contributed by atoms with E-state index in [-0.39, 0.29) is 0 Å². The zero-order chi connectivity index (χ0) is 13.3. The van der Waals surface area contributed by atoms with Crippen LogP contribution in [-0.4, -0.2) is 21.9 Å². The first kappa shape index (κ1) is 12.7. The van der Waals surface area contributed by atoms with Crippen LogP contribution in [0, 0.1) is 13.8 Å². The number of hydrogen-bond donors (Lipinski definition) is 1. The lowest BCUT2D eigenvalue weighted by atomic mass is 10.1. The SMILES string of the molecule is COc1c(C)cnc(Cn2cc(Cl)c(N)n2)c1C. The van der Waals surface area contributed by atoms with Gasteiger partial charge in [-0.05, 0) is 13.8 Å². The Labute approximate surface area is 111 Å². The molecule has 0 fully saturated rings. The van der Waals surface area contributed by atoms with E-state index in [0.717, 1.165) is 22.6 Å². The van der Waals surface area contributed by atoms with E-state index in [1.807, 2.05) is 13.8 Å². The molecule has 0 aliphatic heterocycles. The van der Waals surface area contributed by atoms with Gasteiger partial charge in [0.15, 0.2) is 5.82 Å². The number of anilines is 1. The molecule has 0 aliphatic carbocycles. The molecule has 96 valence electrons. The maximum atomic E-state index is 5.87. The number of nitrogens with two attached hydrogens (primary N) is 1. The Kier molecular flexibility index (Phi) is 3.43. The van der Waals surface area contributed by atoms with Crippen molar-refractivity contribution >= 4 is 17.4 Å². The Bertz CT molecular complexity index is 560. The molecule has 0 amide bonds. The summed E-state index contributed by atoms with van der Waals surface area (Å²) in [4.78, 5) is 4.40. The van der Waals surface area contributed by atoms with Crippen molar-refractivity contribution < 1.29 is 4.74 Å². The number of methoxy groups -OCH3 is 1. The maximum absolute atomic E-state index is 5.87. The molecule has 6 heteroatoms. The highest BCUT2D eigenvalue weighted by molar-refractivity contribution is 6.32. The van der Waals surface area contributed by atoms with Gasteiger partial charge < -0.3 is 10.5 Å². The highest BCUT2D eigenvalue weighted by Gasteiger charge is 2.11. The number of pyridine rings is 1. The molecule has 0 atom stereocenters. The summed E-state index contributed by atoms with van der Waals surface area (Å²) in [6.07, 6.45) is 3.47. The van der Waals surface area contributed by atoms with Gasteiger partial charge in [0.25, 0.3) is 0 Å². The lowest BCUT2D eigenvalue weighted by molar-refractivity contribution is 0.406. The first-order valence-corrected chi connectivity index (χ1v) is 5.88. The zero-order valence-corrected chi connectivity index (χ0v) is 11.3.